The van der Waals surface area contributed by atoms with Crippen LogP contribution in [0.2, 0.25) is 0 Å². The van der Waals surface area contributed by atoms with E-state index in [1.54, 1.807) is 0 Å². The van der Waals surface area contributed by atoms with Crippen molar-refractivity contribution in [2.45, 2.75) is 37.1 Å². The molecule has 2 aromatic carbocycles. The number of piperidine rings is 1. The Morgan fingerprint density at radius 3 is 2.40 bits per heavy atom. The van der Waals surface area contributed by atoms with Crippen LogP contribution in [0.5, 0.6) is 0 Å². The number of alkyl carbamates (subject to hydrolysis) is 1. The van der Waals surface area contributed by atoms with E-state index in [1.807, 2.05) is 24.3 Å². The van der Waals surface area contributed by atoms with Crippen LogP contribution in [-0.2, 0) is 19.1 Å². The molecule has 0 spiro atoms. The number of aliphatic carboxylic acids is 1. The monoisotopic (exact) mass is 478 g/mol. The van der Waals surface area contributed by atoms with Gasteiger partial charge in [-0.1, -0.05) is 48.5 Å². The van der Waals surface area contributed by atoms with Crippen molar-refractivity contribution >= 4 is 18.0 Å². The number of nitrogens with zero attached hydrogens (tertiary/aromatic N) is 1. The minimum Gasteiger partial charge on any atom is -0.479 e. The molecule has 1 heterocycles. The van der Waals surface area contributed by atoms with E-state index in [2.05, 4.69) is 29.6 Å². The van der Waals surface area contributed by atoms with Gasteiger partial charge in [0.05, 0.1) is 19.6 Å². The number of carboxylic acids is 1. The van der Waals surface area contributed by atoms with E-state index in [9.17, 15) is 19.5 Å². The van der Waals surface area contributed by atoms with Gasteiger partial charge in [-0.2, -0.15) is 0 Å². The first-order valence-electron chi connectivity index (χ1n) is 12.2. The Hall–Kier alpha value is -3.39. The molecule has 2 fully saturated rings. The summed E-state index contributed by atoms with van der Waals surface area (Å²) < 4.78 is 11.0. The van der Waals surface area contributed by atoms with Crippen LogP contribution >= 0.6 is 0 Å². The summed E-state index contributed by atoms with van der Waals surface area (Å²) in [5.74, 6) is -0.992. The summed E-state index contributed by atoms with van der Waals surface area (Å²) >= 11 is 0. The van der Waals surface area contributed by atoms with Gasteiger partial charge in [0, 0.05) is 19.0 Å². The fraction of sp³-hybridized carbons (Fsp3) is 0.444. The van der Waals surface area contributed by atoms with E-state index in [1.165, 1.54) is 16.0 Å². The molecule has 8 heteroatoms. The molecule has 3 aliphatic rings. The first kappa shape index (κ1) is 23.4. The van der Waals surface area contributed by atoms with Gasteiger partial charge in [0.1, 0.15) is 12.1 Å². The molecule has 35 heavy (non-hydrogen) atoms. The van der Waals surface area contributed by atoms with Crippen molar-refractivity contribution in [1.29, 1.82) is 0 Å². The molecule has 1 saturated heterocycles. The number of carboxylic acid groups (broad SMARTS) is 1. The minimum atomic E-state index is -0.985. The largest absolute Gasteiger partial charge is 0.479 e. The molecular formula is C27H30N2O6. The summed E-state index contributed by atoms with van der Waals surface area (Å²) in [6, 6.07) is 16.3. The van der Waals surface area contributed by atoms with Crippen LogP contribution in [0.15, 0.2) is 48.5 Å². The van der Waals surface area contributed by atoms with Crippen LogP contribution < -0.4 is 5.32 Å². The highest BCUT2D eigenvalue weighted by Crippen LogP contribution is 2.54. The van der Waals surface area contributed by atoms with E-state index >= 15 is 0 Å². The highest BCUT2D eigenvalue weighted by Gasteiger charge is 2.66. The number of fused-ring (bicyclic) bond motifs is 4. The maximum atomic E-state index is 12.6. The van der Waals surface area contributed by atoms with Crippen molar-refractivity contribution in [2.75, 3.05) is 32.9 Å². The van der Waals surface area contributed by atoms with Gasteiger partial charge >= 0.3 is 12.1 Å². The minimum absolute atomic E-state index is 0.00496. The highest BCUT2D eigenvalue weighted by molar-refractivity contribution is 5.90. The lowest BCUT2D eigenvalue weighted by Crippen LogP contribution is -2.51. The molecule has 8 nitrogen and oxygen atoms in total. The van der Waals surface area contributed by atoms with Crippen LogP contribution in [0.4, 0.5) is 4.79 Å². The van der Waals surface area contributed by atoms with Crippen LogP contribution in [-0.4, -0.2) is 66.4 Å². The number of rotatable bonds is 9. The standard InChI is InChI=1S/C27H30N2O6/c30-24(29-13-5-6-18-16-27(18,29)25(31)32)11-14-34-15-12-28-26(33)35-17-23-21-9-3-1-7-19(21)20-8-2-4-10-22(20)23/h1-4,7-10,18,23H,5-6,11-17H2,(H,28,33)(H,31,32). The molecule has 2 unspecified atom stereocenters. The Morgan fingerprint density at radius 2 is 1.71 bits per heavy atom. The van der Waals surface area contributed by atoms with Gasteiger partial charge in [-0.25, -0.2) is 9.59 Å². The first-order valence-corrected chi connectivity index (χ1v) is 12.2. The molecular weight excluding hydrogens is 448 g/mol. The van der Waals surface area contributed by atoms with E-state index in [0.29, 0.717) is 13.0 Å². The lowest BCUT2D eigenvalue weighted by atomic mass is 9.98. The second-order valence-corrected chi connectivity index (χ2v) is 9.43. The van der Waals surface area contributed by atoms with Crippen molar-refractivity contribution in [1.82, 2.24) is 10.2 Å². The fourth-order valence-corrected chi connectivity index (χ4v) is 5.68. The van der Waals surface area contributed by atoms with Crippen LogP contribution in [0.25, 0.3) is 11.1 Å². The summed E-state index contributed by atoms with van der Waals surface area (Å²) in [6.45, 7) is 1.42. The predicted octanol–water partition coefficient (Wildman–Crippen LogP) is 3.40. The van der Waals surface area contributed by atoms with Gasteiger partial charge in [-0.15, -0.1) is 0 Å². The van der Waals surface area contributed by atoms with Gasteiger partial charge in [-0.3, -0.25) is 4.79 Å². The number of hydrogen-bond donors (Lipinski definition) is 2. The maximum absolute atomic E-state index is 12.6. The zero-order valence-electron chi connectivity index (χ0n) is 19.6. The Morgan fingerprint density at radius 1 is 1.03 bits per heavy atom. The molecule has 2 aliphatic carbocycles. The highest BCUT2D eigenvalue weighted by atomic mass is 16.5. The molecule has 0 bridgehead atoms. The SMILES string of the molecule is O=C(NCCOCCC(=O)N1CCCC2CC21C(=O)O)OCC1c2ccccc2-c2ccccc21. The summed E-state index contributed by atoms with van der Waals surface area (Å²) in [7, 11) is 0. The third kappa shape index (κ3) is 4.38. The number of benzene rings is 2. The summed E-state index contributed by atoms with van der Waals surface area (Å²) in [6.07, 6.45) is 1.89. The zero-order valence-corrected chi connectivity index (χ0v) is 19.6. The van der Waals surface area contributed by atoms with E-state index in [0.717, 1.165) is 24.0 Å². The predicted molar refractivity (Wildman–Crippen MR) is 128 cm³/mol. The second kappa shape index (κ2) is 9.70. The number of carbonyl (C=O) groups is 3. The molecule has 0 aromatic heterocycles. The summed E-state index contributed by atoms with van der Waals surface area (Å²) in [5, 5.41) is 12.3. The molecule has 5 rings (SSSR count). The van der Waals surface area contributed by atoms with Crippen LogP contribution in [0.1, 0.15) is 42.7 Å². The molecule has 2 N–H and O–H groups in total. The van der Waals surface area contributed by atoms with E-state index in [-0.39, 0.29) is 50.5 Å². The number of ether oxygens (including phenoxy) is 2. The van der Waals surface area contributed by atoms with Gasteiger partial charge in [0.15, 0.2) is 0 Å². The normalized spacial score (nSPS) is 22.1. The maximum Gasteiger partial charge on any atom is 0.407 e. The summed E-state index contributed by atoms with van der Waals surface area (Å²) in [5.41, 5.74) is 3.68. The molecule has 2 atom stereocenters. The third-order valence-corrected chi connectivity index (χ3v) is 7.48. The first-order chi connectivity index (χ1) is 17.0. The second-order valence-electron chi connectivity index (χ2n) is 9.43. The van der Waals surface area contributed by atoms with Gasteiger partial charge < -0.3 is 24.8 Å². The average molecular weight is 479 g/mol. The lowest BCUT2D eigenvalue weighted by Gasteiger charge is -2.33. The van der Waals surface area contributed by atoms with Gasteiger partial charge in [0.2, 0.25) is 5.91 Å². The Bertz CT molecular complexity index is 1090. The number of likely N-dealkylation sites (tertiary alicyclic amines) is 1. The van der Waals surface area contributed by atoms with Crippen molar-refractivity contribution in [3.05, 3.63) is 59.7 Å². The number of hydrogen-bond acceptors (Lipinski definition) is 5. The molecule has 2 amide bonds. The fourth-order valence-electron chi connectivity index (χ4n) is 5.68. The number of amides is 2. The molecule has 2 aromatic rings. The van der Waals surface area contributed by atoms with Gasteiger partial charge in [0.25, 0.3) is 0 Å². The molecule has 0 radical (unpaired) electrons. The molecule has 1 saturated carbocycles. The van der Waals surface area contributed by atoms with Crippen molar-refractivity contribution in [3.8, 4) is 11.1 Å². The quantitative estimate of drug-likeness (QED) is 0.536. The zero-order chi connectivity index (χ0) is 24.4. The van der Waals surface area contributed by atoms with Crippen molar-refractivity contribution < 1.29 is 29.0 Å². The Kier molecular flexibility index (Phi) is 6.47. The van der Waals surface area contributed by atoms with Gasteiger partial charge in [-0.05, 0) is 47.4 Å². The number of carbonyl (C=O) groups excluding carboxylic acids is 2. The van der Waals surface area contributed by atoms with Crippen LogP contribution in [0, 0.1) is 5.92 Å². The summed E-state index contributed by atoms with van der Waals surface area (Å²) in [4.78, 5) is 38.0. The van der Waals surface area contributed by atoms with Crippen LogP contribution in [0.3, 0.4) is 0 Å². The Labute approximate surface area is 204 Å². The molecule has 1 aliphatic heterocycles. The lowest BCUT2D eigenvalue weighted by molar-refractivity contribution is -0.155. The average Bonchev–Trinajstić information content (AvgIpc) is 3.55. The van der Waals surface area contributed by atoms with E-state index in [4.69, 9.17) is 9.47 Å². The van der Waals surface area contributed by atoms with Crippen molar-refractivity contribution in [3.63, 3.8) is 0 Å². The Balaban J connectivity index is 1.01. The third-order valence-electron chi connectivity index (χ3n) is 7.48. The van der Waals surface area contributed by atoms with E-state index < -0.39 is 17.6 Å². The van der Waals surface area contributed by atoms with Crippen molar-refractivity contribution in [2.24, 2.45) is 5.92 Å². The smallest absolute Gasteiger partial charge is 0.407 e. The number of nitrogens with one attached hydrogen (secondary N) is 1. The molecule has 184 valence electrons. The topological polar surface area (TPSA) is 105 Å².